The standard InChI is InChI=1S/C15H26N2O2/c1-9(2)14(18)17-13-7-11(8-13)6-10(3)15(19)16-12-4-5-12/h9-13H,4-8H2,1-3H3,(H,16,19)(H,17,18). The minimum Gasteiger partial charge on any atom is -0.353 e. The van der Waals surface area contributed by atoms with Gasteiger partial charge in [-0.1, -0.05) is 20.8 Å². The average Bonchev–Trinajstić information content (AvgIpc) is 3.09. The lowest BCUT2D eigenvalue weighted by Gasteiger charge is -2.37. The lowest BCUT2D eigenvalue weighted by molar-refractivity contribution is -0.127. The quantitative estimate of drug-likeness (QED) is 0.770. The molecule has 1 atom stereocenters. The molecule has 2 aliphatic carbocycles. The molecule has 0 aromatic carbocycles. The van der Waals surface area contributed by atoms with Crippen molar-refractivity contribution in [2.24, 2.45) is 17.8 Å². The van der Waals surface area contributed by atoms with Gasteiger partial charge in [-0.2, -0.15) is 0 Å². The summed E-state index contributed by atoms with van der Waals surface area (Å²) in [7, 11) is 0. The molecule has 108 valence electrons. The Balaban J connectivity index is 1.61. The Labute approximate surface area is 115 Å². The first-order valence-corrected chi connectivity index (χ1v) is 7.56. The van der Waals surface area contributed by atoms with Gasteiger partial charge in [0, 0.05) is 23.9 Å². The summed E-state index contributed by atoms with van der Waals surface area (Å²) in [5, 5.41) is 6.11. The summed E-state index contributed by atoms with van der Waals surface area (Å²) in [4.78, 5) is 23.4. The molecule has 0 spiro atoms. The van der Waals surface area contributed by atoms with Crippen molar-refractivity contribution < 1.29 is 9.59 Å². The van der Waals surface area contributed by atoms with Crippen LogP contribution in [-0.2, 0) is 9.59 Å². The van der Waals surface area contributed by atoms with Gasteiger partial charge in [0.05, 0.1) is 0 Å². The van der Waals surface area contributed by atoms with Crippen molar-refractivity contribution in [3.05, 3.63) is 0 Å². The third-order valence-corrected chi connectivity index (χ3v) is 4.16. The number of hydrogen-bond donors (Lipinski definition) is 2. The molecule has 0 heterocycles. The van der Waals surface area contributed by atoms with Crippen molar-refractivity contribution in [2.75, 3.05) is 0 Å². The van der Waals surface area contributed by atoms with Crippen LogP contribution in [0.3, 0.4) is 0 Å². The fourth-order valence-electron chi connectivity index (χ4n) is 2.59. The molecule has 4 heteroatoms. The van der Waals surface area contributed by atoms with Crippen LogP contribution in [0.25, 0.3) is 0 Å². The van der Waals surface area contributed by atoms with Crippen LogP contribution in [0.1, 0.15) is 52.9 Å². The first-order chi connectivity index (χ1) is 8.95. The van der Waals surface area contributed by atoms with Crippen LogP contribution in [-0.4, -0.2) is 23.9 Å². The fraction of sp³-hybridized carbons (Fsp3) is 0.867. The normalized spacial score (nSPS) is 27.6. The Bertz CT molecular complexity index is 344. The van der Waals surface area contributed by atoms with Crippen molar-refractivity contribution in [1.82, 2.24) is 10.6 Å². The maximum atomic E-state index is 11.8. The highest BCUT2D eigenvalue weighted by molar-refractivity contribution is 5.79. The van der Waals surface area contributed by atoms with Crippen LogP contribution in [0.15, 0.2) is 0 Å². The minimum absolute atomic E-state index is 0.0577. The van der Waals surface area contributed by atoms with Crippen LogP contribution < -0.4 is 10.6 Å². The van der Waals surface area contributed by atoms with Crippen molar-refractivity contribution >= 4 is 11.8 Å². The van der Waals surface area contributed by atoms with Crippen LogP contribution in [0.2, 0.25) is 0 Å². The van der Waals surface area contributed by atoms with E-state index in [1.807, 2.05) is 20.8 Å². The highest BCUT2D eigenvalue weighted by Gasteiger charge is 2.33. The molecular weight excluding hydrogens is 240 g/mol. The molecule has 1 unspecified atom stereocenters. The Morgan fingerprint density at radius 2 is 1.58 bits per heavy atom. The Morgan fingerprint density at radius 1 is 1.00 bits per heavy atom. The zero-order chi connectivity index (χ0) is 14.0. The molecule has 0 saturated heterocycles. The summed E-state index contributed by atoms with van der Waals surface area (Å²) in [6, 6.07) is 0.785. The second kappa shape index (κ2) is 5.93. The molecule has 0 aromatic heterocycles. The van der Waals surface area contributed by atoms with Gasteiger partial charge in [-0.25, -0.2) is 0 Å². The number of carbonyl (C=O) groups excluding carboxylic acids is 2. The Hall–Kier alpha value is -1.06. The largest absolute Gasteiger partial charge is 0.353 e. The monoisotopic (exact) mass is 266 g/mol. The van der Waals surface area contributed by atoms with E-state index in [1.54, 1.807) is 0 Å². The van der Waals surface area contributed by atoms with E-state index in [9.17, 15) is 9.59 Å². The molecular formula is C15H26N2O2. The van der Waals surface area contributed by atoms with Gasteiger partial charge in [0.15, 0.2) is 0 Å². The van der Waals surface area contributed by atoms with Crippen LogP contribution in [0, 0.1) is 17.8 Å². The first kappa shape index (κ1) is 14.4. The zero-order valence-electron chi connectivity index (χ0n) is 12.2. The van der Waals surface area contributed by atoms with Gasteiger partial charge >= 0.3 is 0 Å². The van der Waals surface area contributed by atoms with Crippen LogP contribution in [0.4, 0.5) is 0 Å². The fourth-order valence-corrected chi connectivity index (χ4v) is 2.59. The van der Waals surface area contributed by atoms with E-state index in [2.05, 4.69) is 10.6 Å². The van der Waals surface area contributed by atoms with Gasteiger partial charge in [0.2, 0.25) is 11.8 Å². The van der Waals surface area contributed by atoms with Gasteiger partial charge in [-0.15, -0.1) is 0 Å². The van der Waals surface area contributed by atoms with Crippen LogP contribution >= 0.6 is 0 Å². The van der Waals surface area contributed by atoms with E-state index in [0.717, 1.165) is 32.1 Å². The average molecular weight is 266 g/mol. The van der Waals surface area contributed by atoms with Crippen molar-refractivity contribution in [2.45, 2.75) is 65.0 Å². The van der Waals surface area contributed by atoms with Crippen LogP contribution in [0.5, 0.6) is 0 Å². The predicted octanol–water partition coefficient (Wildman–Crippen LogP) is 1.84. The maximum absolute atomic E-state index is 11.8. The molecule has 2 rings (SSSR count). The van der Waals surface area contributed by atoms with E-state index in [1.165, 1.54) is 0 Å². The zero-order valence-corrected chi connectivity index (χ0v) is 12.2. The van der Waals surface area contributed by atoms with Gasteiger partial charge < -0.3 is 10.6 Å². The minimum atomic E-state index is 0.0577. The van der Waals surface area contributed by atoms with E-state index >= 15 is 0 Å². The topological polar surface area (TPSA) is 58.2 Å². The molecule has 19 heavy (non-hydrogen) atoms. The summed E-state index contributed by atoms with van der Waals surface area (Å²) in [5.41, 5.74) is 0. The number of nitrogens with one attached hydrogen (secondary N) is 2. The van der Waals surface area contributed by atoms with Crippen molar-refractivity contribution in [3.63, 3.8) is 0 Å². The smallest absolute Gasteiger partial charge is 0.223 e. The first-order valence-electron chi connectivity index (χ1n) is 7.56. The summed E-state index contributed by atoms with van der Waals surface area (Å²) in [6.07, 6.45) is 5.29. The van der Waals surface area contributed by atoms with E-state index in [0.29, 0.717) is 18.0 Å². The highest BCUT2D eigenvalue weighted by atomic mass is 16.2. The van der Waals surface area contributed by atoms with Gasteiger partial charge in [-0.3, -0.25) is 9.59 Å². The summed E-state index contributed by atoms with van der Waals surface area (Å²) < 4.78 is 0. The summed E-state index contributed by atoms with van der Waals surface area (Å²) in [5.74, 6) is 1.10. The molecule has 0 bridgehead atoms. The molecule has 0 aliphatic heterocycles. The Morgan fingerprint density at radius 3 is 2.11 bits per heavy atom. The third-order valence-electron chi connectivity index (χ3n) is 4.16. The van der Waals surface area contributed by atoms with Gasteiger partial charge in [0.25, 0.3) is 0 Å². The molecule has 0 aromatic rings. The molecule has 0 radical (unpaired) electrons. The second-order valence-corrected chi connectivity index (χ2v) is 6.62. The van der Waals surface area contributed by atoms with E-state index < -0.39 is 0 Å². The van der Waals surface area contributed by atoms with E-state index in [-0.39, 0.29) is 23.7 Å². The Kier molecular flexibility index (Phi) is 4.48. The molecule has 2 amide bonds. The molecule has 2 saturated carbocycles. The number of hydrogen-bond acceptors (Lipinski definition) is 2. The number of carbonyl (C=O) groups is 2. The summed E-state index contributed by atoms with van der Waals surface area (Å²) in [6.45, 7) is 5.84. The maximum Gasteiger partial charge on any atom is 0.223 e. The van der Waals surface area contributed by atoms with Crippen molar-refractivity contribution in [1.29, 1.82) is 0 Å². The highest BCUT2D eigenvalue weighted by Crippen LogP contribution is 2.33. The molecule has 2 fully saturated rings. The van der Waals surface area contributed by atoms with E-state index in [4.69, 9.17) is 0 Å². The lowest BCUT2D eigenvalue weighted by Crippen LogP contribution is -2.46. The van der Waals surface area contributed by atoms with Gasteiger partial charge in [-0.05, 0) is 38.0 Å². The molecule has 2 N–H and O–H groups in total. The summed E-state index contributed by atoms with van der Waals surface area (Å²) >= 11 is 0. The SMILES string of the molecule is CC(C)C(=O)NC1CC(CC(C)C(=O)NC2CC2)C1. The molecule has 2 aliphatic rings. The lowest BCUT2D eigenvalue weighted by atomic mass is 9.75. The predicted molar refractivity (Wildman–Crippen MR) is 74.4 cm³/mol. The van der Waals surface area contributed by atoms with Crippen molar-refractivity contribution in [3.8, 4) is 0 Å². The molecule has 4 nitrogen and oxygen atoms in total. The van der Waals surface area contributed by atoms with Gasteiger partial charge in [0.1, 0.15) is 0 Å². The second-order valence-electron chi connectivity index (χ2n) is 6.62. The third kappa shape index (κ3) is 4.22. The number of rotatable bonds is 6. The number of amides is 2.